The molecule has 1 fully saturated rings. The van der Waals surface area contributed by atoms with Crippen molar-refractivity contribution >= 4 is 34.8 Å². The first-order valence-corrected chi connectivity index (χ1v) is 13.0. The Bertz CT molecular complexity index is 1230. The fraction of sp³-hybridized carbons (Fsp3) is 0.333. The first kappa shape index (κ1) is 23.7. The van der Waals surface area contributed by atoms with Crippen molar-refractivity contribution in [2.75, 3.05) is 26.8 Å². The maximum absolute atomic E-state index is 13.7. The Morgan fingerprint density at radius 2 is 1.83 bits per heavy atom. The van der Waals surface area contributed by atoms with Crippen molar-refractivity contribution in [1.82, 2.24) is 9.80 Å². The van der Waals surface area contributed by atoms with E-state index >= 15 is 0 Å². The lowest BCUT2D eigenvalue weighted by Gasteiger charge is -2.37. The van der Waals surface area contributed by atoms with Crippen LogP contribution in [0.3, 0.4) is 0 Å². The topological polar surface area (TPSA) is 59.1 Å². The summed E-state index contributed by atoms with van der Waals surface area (Å²) in [6.45, 7) is 0.919. The number of hydrogen-bond donors (Lipinski definition) is 0. The number of hydrogen-bond acceptors (Lipinski definition) is 5. The molecule has 1 atom stereocenters. The van der Waals surface area contributed by atoms with Crippen molar-refractivity contribution in [2.24, 2.45) is 0 Å². The van der Waals surface area contributed by atoms with E-state index in [1.807, 2.05) is 29.2 Å². The third-order valence-corrected chi connectivity index (χ3v) is 7.87. The first-order chi connectivity index (χ1) is 17.1. The van der Waals surface area contributed by atoms with Crippen LogP contribution in [0, 0.1) is 0 Å². The molecule has 8 heteroatoms. The number of ether oxygens (including phenoxy) is 2. The molecule has 182 valence electrons. The molecular weight excluding hydrogens is 484 g/mol. The second kappa shape index (κ2) is 10.3. The first-order valence-electron chi connectivity index (χ1n) is 11.7. The largest absolute Gasteiger partial charge is 0.493 e. The molecule has 1 saturated carbocycles. The number of nitrogens with zero attached hydrogens (tertiary/aromatic N) is 2. The van der Waals surface area contributed by atoms with E-state index in [2.05, 4.69) is 11.4 Å². The molecule has 2 heterocycles. The molecule has 2 aliphatic rings. The smallest absolute Gasteiger partial charge is 0.256 e. The van der Waals surface area contributed by atoms with Crippen LogP contribution >= 0.6 is 22.9 Å². The number of thiophene rings is 1. The number of rotatable bonds is 8. The maximum Gasteiger partial charge on any atom is 0.256 e. The molecule has 1 aliphatic carbocycles. The Balaban J connectivity index is 1.36. The molecule has 0 radical (unpaired) electrons. The molecule has 0 spiro atoms. The average molecular weight is 511 g/mol. The summed E-state index contributed by atoms with van der Waals surface area (Å²) in [5.41, 5.74) is 1.54. The van der Waals surface area contributed by atoms with Crippen LogP contribution in [0.25, 0.3) is 0 Å². The van der Waals surface area contributed by atoms with E-state index in [0.29, 0.717) is 35.2 Å². The Labute approximate surface area is 214 Å². The molecule has 1 aromatic heterocycles. The third kappa shape index (κ3) is 5.02. The van der Waals surface area contributed by atoms with Gasteiger partial charge in [0.25, 0.3) is 5.91 Å². The summed E-state index contributed by atoms with van der Waals surface area (Å²) in [6.07, 6.45) is 2.60. The lowest BCUT2D eigenvalue weighted by Crippen LogP contribution is -2.48. The van der Waals surface area contributed by atoms with Gasteiger partial charge < -0.3 is 19.3 Å². The lowest BCUT2D eigenvalue weighted by molar-refractivity contribution is -0.135. The summed E-state index contributed by atoms with van der Waals surface area (Å²) >= 11 is 8.00. The zero-order valence-electron chi connectivity index (χ0n) is 19.5. The minimum Gasteiger partial charge on any atom is -0.493 e. The Morgan fingerprint density at radius 1 is 1.09 bits per heavy atom. The third-order valence-electron chi connectivity index (χ3n) is 6.54. The van der Waals surface area contributed by atoms with Crippen molar-refractivity contribution in [3.8, 4) is 11.5 Å². The van der Waals surface area contributed by atoms with E-state index in [1.165, 1.54) is 4.88 Å². The average Bonchev–Trinajstić information content (AvgIpc) is 3.61. The van der Waals surface area contributed by atoms with Crippen LogP contribution < -0.4 is 9.47 Å². The van der Waals surface area contributed by atoms with Gasteiger partial charge in [-0.15, -0.1) is 11.3 Å². The number of halogens is 1. The fourth-order valence-corrected chi connectivity index (χ4v) is 5.70. The lowest BCUT2D eigenvalue weighted by atomic mass is 10.0. The maximum atomic E-state index is 13.7. The van der Waals surface area contributed by atoms with Crippen LogP contribution in [-0.4, -0.2) is 54.5 Å². The van der Waals surface area contributed by atoms with E-state index in [4.69, 9.17) is 21.1 Å². The van der Waals surface area contributed by atoms with Crippen LogP contribution in [0.1, 0.15) is 39.7 Å². The van der Waals surface area contributed by atoms with Crippen molar-refractivity contribution in [2.45, 2.75) is 31.3 Å². The predicted octanol–water partition coefficient (Wildman–Crippen LogP) is 5.22. The van der Waals surface area contributed by atoms with Crippen molar-refractivity contribution < 1.29 is 19.1 Å². The van der Waals surface area contributed by atoms with Gasteiger partial charge >= 0.3 is 0 Å². The Kier molecular flexibility index (Phi) is 6.97. The van der Waals surface area contributed by atoms with Gasteiger partial charge in [-0.25, -0.2) is 0 Å². The van der Waals surface area contributed by atoms with E-state index in [1.54, 1.807) is 47.6 Å². The SMILES string of the molecule is COc1ccccc1OC[C@H]1c2ccsc2CCN1C(=O)CN(C(=O)c1ccccc1Cl)C1CC1. The molecule has 0 N–H and O–H groups in total. The van der Waals surface area contributed by atoms with Gasteiger partial charge in [0.05, 0.1) is 23.7 Å². The minimum atomic E-state index is -0.237. The van der Waals surface area contributed by atoms with E-state index in [9.17, 15) is 9.59 Å². The molecule has 0 unspecified atom stereocenters. The molecule has 3 aromatic rings. The normalized spacial score (nSPS) is 17.0. The molecular formula is C27H27ClN2O4S. The number of carbonyl (C=O) groups is 2. The van der Waals surface area contributed by atoms with Gasteiger partial charge in [-0.05, 0) is 60.5 Å². The van der Waals surface area contributed by atoms with E-state index < -0.39 is 0 Å². The number of fused-ring (bicyclic) bond motifs is 1. The van der Waals surface area contributed by atoms with Crippen molar-refractivity contribution in [3.63, 3.8) is 0 Å². The van der Waals surface area contributed by atoms with Crippen LogP contribution in [0.4, 0.5) is 0 Å². The van der Waals surface area contributed by atoms with Gasteiger partial charge in [0.15, 0.2) is 11.5 Å². The highest BCUT2D eigenvalue weighted by Crippen LogP contribution is 2.36. The second-order valence-electron chi connectivity index (χ2n) is 8.76. The quantitative estimate of drug-likeness (QED) is 0.417. The summed E-state index contributed by atoms with van der Waals surface area (Å²) in [7, 11) is 1.61. The molecule has 6 nitrogen and oxygen atoms in total. The monoisotopic (exact) mass is 510 g/mol. The van der Waals surface area contributed by atoms with Crippen LogP contribution in [-0.2, 0) is 11.2 Å². The van der Waals surface area contributed by atoms with Gasteiger partial charge in [0, 0.05) is 17.5 Å². The number of benzene rings is 2. The second-order valence-corrected chi connectivity index (χ2v) is 10.2. The summed E-state index contributed by atoms with van der Waals surface area (Å²) in [4.78, 5) is 31.8. The number of methoxy groups -OCH3 is 1. The van der Waals surface area contributed by atoms with Crippen LogP contribution in [0.2, 0.25) is 5.02 Å². The summed E-state index contributed by atoms with van der Waals surface area (Å²) in [5, 5.41) is 2.46. The van der Waals surface area contributed by atoms with Gasteiger partial charge in [0.1, 0.15) is 13.2 Å². The minimum absolute atomic E-state index is 0.0271. The molecule has 1 aliphatic heterocycles. The number of carbonyl (C=O) groups excluding carboxylic acids is 2. The summed E-state index contributed by atoms with van der Waals surface area (Å²) < 4.78 is 11.6. The van der Waals surface area contributed by atoms with Gasteiger partial charge in [-0.1, -0.05) is 35.9 Å². The standard InChI is InChI=1S/C27H27ClN2O4S/c1-33-23-8-4-5-9-24(23)34-17-22-20-13-15-35-25(20)12-14-29(22)26(31)16-30(18-10-11-18)27(32)19-6-2-3-7-21(19)28/h2-9,13,15,18,22H,10-12,14,16-17H2,1H3/t22-/m0/s1. The summed E-state index contributed by atoms with van der Waals surface area (Å²) in [6, 6.07) is 16.4. The fourth-order valence-electron chi connectivity index (χ4n) is 4.56. The number of amides is 2. The summed E-state index contributed by atoms with van der Waals surface area (Å²) in [5.74, 6) is 1.01. The Hall–Kier alpha value is -3.03. The molecule has 2 amide bonds. The molecule has 5 rings (SSSR count). The van der Waals surface area contributed by atoms with Crippen LogP contribution in [0.5, 0.6) is 11.5 Å². The van der Waals surface area contributed by atoms with Crippen LogP contribution in [0.15, 0.2) is 60.0 Å². The highest BCUT2D eigenvalue weighted by atomic mass is 35.5. The molecule has 0 bridgehead atoms. The Morgan fingerprint density at radius 3 is 2.57 bits per heavy atom. The predicted molar refractivity (Wildman–Crippen MR) is 136 cm³/mol. The highest BCUT2D eigenvalue weighted by Gasteiger charge is 2.38. The van der Waals surface area contributed by atoms with Gasteiger partial charge in [-0.3, -0.25) is 9.59 Å². The zero-order chi connectivity index (χ0) is 24.4. The van der Waals surface area contributed by atoms with Crippen molar-refractivity contribution in [3.05, 3.63) is 81.0 Å². The number of para-hydroxylation sites is 2. The van der Waals surface area contributed by atoms with Crippen molar-refractivity contribution in [1.29, 1.82) is 0 Å². The van der Waals surface area contributed by atoms with Gasteiger partial charge in [-0.2, -0.15) is 0 Å². The van der Waals surface area contributed by atoms with Gasteiger partial charge in [0.2, 0.25) is 5.91 Å². The molecule has 0 saturated heterocycles. The van der Waals surface area contributed by atoms with E-state index in [0.717, 1.165) is 24.8 Å². The molecule has 35 heavy (non-hydrogen) atoms. The molecule has 2 aromatic carbocycles. The van der Waals surface area contributed by atoms with E-state index in [-0.39, 0.29) is 30.4 Å². The highest BCUT2D eigenvalue weighted by molar-refractivity contribution is 7.10. The zero-order valence-corrected chi connectivity index (χ0v) is 21.1.